The van der Waals surface area contributed by atoms with Crippen molar-refractivity contribution in [2.75, 3.05) is 0 Å². The quantitative estimate of drug-likeness (QED) is 0.249. The van der Waals surface area contributed by atoms with Gasteiger partial charge in [0, 0.05) is 0 Å². The van der Waals surface area contributed by atoms with Gasteiger partial charge < -0.3 is 7.16 Å². The Hall–Kier alpha value is 0.830. The molecule has 9 heavy (non-hydrogen) atoms. The predicted octanol–water partition coefficient (Wildman–Crippen LogP) is -3.77. The van der Waals surface area contributed by atoms with Gasteiger partial charge in [-0.1, -0.05) is 0 Å². The van der Waals surface area contributed by atoms with Gasteiger partial charge in [0.15, 0.2) is 0 Å². The molecule has 0 fully saturated rings. The van der Waals surface area contributed by atoms with Crippen LogP contribution in [0.4, 0.5) is 0 Å². The summed E-state index contributed by atoms with van der Waals surface area (Å²) in [4.78, 5) is 0. The molecule has 0 aromatic carbocycles. The van der Waals surface area contributed by atoms with E-state index < -0.39 is 16.6 Å². The molecular formula is C2H8NNaO4S. The first-order valence-electron chi connectivity index (χ1n) is 1.83. The largest absolute Gasteiger partial charge is 1.00 e. The van der Waals surface area contributed by atoms with Crippen LogP contribution < -0.4 is 35.3 Å². The van der Waals surface area contributed by atoms with Gasteiger partial charge in [0.25, 0.3) is 0 Å². The molecule has 1 atom stereocenters. The molecule has 52 valence electrons. The standard InChI is InChI=1S/C2H7NO4S.Na.H/c1-2(3)7-8(4,5)6;;/h2H,3H2,1H3,(H,4,5,6);;/q;+1;-1. The van der Waals surface area contributed by atoms with E-state index in [-0.39, 0.29) is 31.0 Å². The minimum Gasteiger partial charge on any atom is -1.00 e. The average molecular weight is 165 g/mol. The maximum Gasteiger partial charge on any atom is 1.00 e. The Balaban J connectivity index is -0.000000245. The molecular weight excluding hydrogens is 157 g/mol. The van der Waals surface area contributed by atoms with Gasteiger partial charge in [-0.25, -0.2) is 4.18 Å². The van der Waals surface area contributed by atoms with E-state index in [1.165, 1.54) is 6.92 Å². The number of rotatable bonds is 2. The van der Waals surface area contributed by atoms with Gasteiger partial charge in [-0.3, -0.25) is 4.55 Å². The Bertz CT molecular complexity index is 157. The number of hydrogen-bond donors (Lipinski definition) is 2. The van der Waals surface area contributed by atoms with Crippen LogP contribution in [-0.2, 0) is 14.6 Å². The molecule has 0 rings (SSSR count). The second kappa shape index (κ2) is 4.62. The van der Waals surface area contributed by atoms with E-state index in [4.69, 9.17) is 10.3 Å². The van der Waals surface area contributed by atoms with Crippen molar-refractivity contribution in [1.29, 1.82) is 0 Å². The second-order valence-electron chi connectivity index (χ2n) is 1.23. The third-order valence-electron chi connectivity index (χ3n) is 0.273. The molecule has 0 spiro atoms. The third-order valence-corrected chi connectivity index (χ3v) is 0.820. The maximum absolute atomic E-state index is 9.70. The molecule has 0 saturated carbocycles. The summed E-state index contributed by atoms with van der Waals surface area (Å²) in [6.45, 7) is 1.29. The van der Waals surface area contributed by atoms with Crippen molar-refractivity contribution in [3.8, 4) is 0 Å². The summed E-state index contributed by atoms with van der Waals surface area (Å²) in [5.74, 6) is 0. The van der Waals surface area contributed by atoms with Crippen LogP contribution in [-0.4, -0.2) is 19.2 Å². The van der Waals surface area contributed by atoms with E-state index in [0.29, 0.717) is 0 Å². The molecule has 1 unspecified atom stereocenters. The van der Waals surface area contributed by atoms with Crippen molar-refractivity contribution >= 4 is 10.4 Å². The Morgan fingerprint density at radius 1 is 1.78 bits per heavy atom. The van der Waals surface area contributed by atoms with E-state index in [9.17, 15) is 8.42 Å². The molecule has 5 nitrogen and oxygen atoms in total. The Morgan fingerprint density at radius 2 is 2.11 bits per heavy atom. The number of hydrogen-bond acceptors (Lipinski definition) is 4. The molecule has 0 amide bonds. The minimum atomic E-state index is -4.35. The van der Waals surface area contributed by atoms with Crippen molar-refractivity contribution in [3.05, 3.63) is 0 Å². The third kappa shape index (κ3) is 12.1. The zero-order valence-corrected chi connectivity index (χ0v) is 8.05. The molecule has 0 saturated heterocycles. The SMILES string of the molecule is CC(N)OS(=O)(=O)O.[H-].[Na+]. The minimum absolute atomic E-state index is 0. The fraction of sp³-hybridized carbons (Fsp3) is 1.00. The van der Waals surface area contributed by atoms with E-state index >= 15 is 0 Å². The molecule has 0 aliphatic rings. The first-order chi connectivity index (χ1) is 3.42. The summed E-state index contributed by atoms with van der Waals surface area (Å²) in [5.41, 5.74) is 4.82. The molecule has 0 aromatic rings. The molecule has 0 aliphatic carbocycles. The van der Waals surface area contributed by atoms with Crippen LogP contribution in [0.1, 0.15) is 8.35 Å². The second-order valence-corrected chi connectivity index (χ2v) is 2.28. The van der Waals surface area contributed by atoms with Crippen LogP contribution in [0.5, 0.6) is 0 Å². The molecule has 0 heterocycles. The van der Waals surface area contributed by atoms with Crippen molar-refractivity contribution in [1.82, 2.24) is 0 Å². The van der Waals surface area contributed by atoms with Crippen molar-refractivity contribution in [3.63, 3.8) is 0 Å². The van der Waals surface area contributed by atoms with Gasteiger partial charge in [0.05, 0.1) is 0 Å². The molecule has 0 radical (unpaired) electrons. The molecule has 0 aromatic heterocycles. The van der Waals surface area contributed by atoms with E-state index in [1.807, 2.05) is 0 Å². The summed E-state index contributed by atoms with van der Waals surface area (Å²) in [5, 5.41) is 0. The van der Waals surface area contributed by atoms with E-state index in [1.54, 1.807) is 0 Å². The van der Waals surface area contributed by atoms with Crippen molar-refractivity contribution in [2.24, 2.45) is 5.73 Å². The van der Waals surface area contributed by atoms with Crippen LogP contribution >= 0.6 is 0 Å². The van der Waals surface area contributed by atoms with Gasteiger partial charge >= 0.3 is 40.0 Å². The van der Waals surface area contributed by atoms with Crippen molar-refractivity contribution in [2.45, 2.75) is 13.2 Å². The predicted molar refractivity (Wildman–Crippen MR) is 27.4 cm³/mol. The van der Waals surface area contributed by atoms with Gasteiger partial charge in [-0.2, -0.15) is 8.42 Å². The summed E-state index contributed by atoms with van der Waals surface area (Å²) in [6.07, 6.45) is -0.995. The first kappa shape index (κ1) is 12.5. The van der Waals surface area contributed by atoms with Crippen LogP contribution in [0.25, 0.3) is 0 Å². The Labute approximate surface area is 77.3 Å². The number of nitrogens with two attached hydrogens (primary N) is 1. The Kier molecular flexibility index (Phi) is 6.41. The van der Waals surface area contributed by atoms with Gasteiger partial charge in [-0.15, -0.1) is 0 Å². The summed E-state index contributed by atoms with van der Waals surface area (Å²) in [7, 11) is -4.35. The Morgan fingerprint density at radius 3 is 2.11 bits per heavy atom. The fourth-order valence-corrected chi connectivity index (χ4v) is 0.575. The van der Waals surface area contributed by atoms with Gasteiger partial charge in [0.2, 0.25) is 0 Å². The summed E-state index contributed by atoms with van der Waals surface area (Å²) < 4.78 is 31.0. The average Bonchev–Trinajstić information content (AvgIpc) is 1.21. The molecule has 0 aliphatic heterocycles. The topological polar surface area (TPSA) is 89.6 Å². The van der Waals surface area contributed by atoms with Crippen LogP contribution in [0.15, 0.2) is 0 Å². The fourth-order valence-electron chi connectivity index (χ4n) is 0.192. The van der Waals surface area contributed by atoms with Crippen LogP contribution in [0.3, 0.4) is 0 Å². The summed E-state index contributed by atoms with van der Waals surface area (Å²) >= 11 is 0. The monoisotopic (exact) mass is 165 g/mol. The van der Waals surface area contributed by atoms with E-state index in [2.05, 4.69) is 4.18 Å². The van der Waals surface area contributed by atoms with Gasteiger partial charge in [-0.05, 0) is 6.92 Å². The smallest absolute Gasteiger partial charge is 1.00 e. The van der Waals surface area contributed by atoms with E-state index in [0.717, 1.165) is 0 Å². The summed E-state index contributed by atoms with van der Waals surface area (Å²) in [6, 6.07) is 0. The maximum atomic E-state index is 9.70. The molecule has 7 heteroatoms. The van der Waals surface area contributed by atoms with Crippen LogP contribution in [0, 0.1) is 0 Å². The zero-order valence-electron chi connectivity index (χ0n) is 6.23. The normalized spacial score (nSPS) is 14.1. The first-order valence-corrected chi connectivity index (χ1v) is 3.19. The zero-order chi connectivity index (χ0) is 6.78. The molecule has 0 bridgehead atoms. The van der Waals surface area contributed by atoms with Crippen LogP contribution in [0.2, 0.25) is 0 Å². The molecule has 3 N–H and O–H groups in total. The van der Waals surface area contributed by atoms with Crippen molar-refractivity contribution < 1.29 is 48.1 Å². The van der Waals surface area contributed by atoms with Gasteiger partial charge in [0.1, 0.15) is 6.23 Å².